The first-order valence-electron chi connectivity index (χ1n) is 11.0. The zero-order chi connectivity index (χ0) is 21.6. The molecule has 6 rings (SSSR count). The molecule has 2 bridgehead atoms. The van der Waals surface area contributed by atoms with E-state index in [0.717, 1.165) is 42.8 Å². The Bertz CT molecular complexity index is 1030. The fraction of sp³-hybridized carbons (Fsp3) is 0.440. The number of pyridine rings is 1. The van der Waals surface area contributed by atoms with Crippen LogP contribution in [0.2, 0.25) is 0 Å². The van der Waals surface area contributed by atoms with E-state index in [4.69, 9.17) is 11.4 Å². The van der Waals surface area contributed by atoms with Gasteiger partial charge >= 0.3 is 0 Å². The van der Waals surface area contributed by atoms with Crippen molar-refractivity contribution in [3.8, 4) is 12.3 Å². The third kappa shape index (κ3) is 3.25. The summed E-state index contributed by atoms with van der Waals surface area (Å²) in [5.41, 5.74) is 1.39. The number of amides is 1. The van der Waals surface area contributed by atoms with Gasteiger partial charge in [0.2, 0.25) is 0 Å². The van der Waals surface area contributed by atoms with E-state index in [1.165, 1.54) is 4.90 Å². The average Bonchev–Trinajstić information content (AvgIpc) is 3.13. The number of nitrogens with zero attached hydrogens (tertiary/aromatic N) is 3. The van der Waals surface area contributed by atoms with Crippen LogP contribution in [0.4, 0.5) is 5.82 Å². The molecule has 3 atom stereocenters. The lowest BCUT2D eigenvalue weighted by Crippen LogP contribution is -2.63. The van der Waals surface area contributed by atoms with Crippen LogP contribution < -0.4 is 4.90 Å². The first-order chi connectivity index (χ1) is 15.0. The lowest BCUT2D eigenvalue weighted by molar-refractivity contribution is -0.143. The van der Waals surface area contributed by atoms with E-state index in [-0.39, 0.29) is 11.8 Å². The summed E-state index contributed by atoms with van der Waals surface area (Å²) >= 11 is 0. The lowest BCUT2D eigenvalue weighted by atomic mass is 9.66. The van der Waals surface area contributed by atoms with Crippen LogP contribution in [0.25, 0.3) is 0 Å². The van der Waals surface area contributed by atoms with E-state index in [0.29, 0.717) is 25.2 Å². The van der Waals surface area contributed by atoms with E-state index >= 15 is 0 Å². The van der Waals surface area contributed by atoms with Crippen LogP contribution in [0, 0.1) is 18.3 Å². The Morgan fingerprint density at radius 2 is 1.84 bits per heavy atom. The topological polar surface area (TPSA) is 76.9 Å². The largest absolute Gasteiger partial charge is 0.383 e. The van der Waals surface area contributed by atoms with Gasteiger partial charge in [0.05, 0.1) is 5.69 Å². The van der Waals surface area contributed by atoms with Crippen molar-refractivity contribution in [1.29, 1.82) is 0 Å². The average molecular weight is 418 g/mol. The highest BCUT2D eigenvalue weighted by molar-refractivity contribution is 5.97. The molecule has 0 saturated carbocycles. The number of hydrogen-bond acceptors (Lipinski definition) is 5. The molecule has 0 radical (unpaired) electrons. The molecule has 1 aromatic heterocycles. The number of aromatic nitrogens is 1. The molecule has 6 heteroatoms. The molecular formula is C25H27N3O3. The third-order valence-electron chi connectivity index (χ3n) is 7.15. The van der Waals surface area contributed by atoms with Crippen molar-refractivity contribution in [1.82, 2.24) is 9.88 Å². The molecule has 1 aromatic carbocycles. The smallest absolute Gasteiger partial charge is 0.257 e. The van der Waals surface area contributed by atoms with Gasteiger partial charge in [0.25, 0.3) is 5.91 Å². The quantitative estimate of drug-likeness (QED) is 0.741. The highest BCUT2D eigenvalue weighted by atomic mass is 16.3. The fourth-order valence-corrected chi connectivity index (χ4v) is 5.52. The Hall–Kier alpha value is -2.72. The van der Waals surface area contributed by atoms with E-state index < -0.39 is 17.7 Å². The van der Waals surface area contributed by atoms with Crippen molar-refractivity contribution in [3.63, 3.8) is 0 Å². The van der Waals surface area contributed by atoms with Gasteiger partial charge in [0.1, 0.15) is 23.6 Å². The van der Waals surface area contributed by atoms with E-state index in [2.05, 4.69) is 10.8 Å². The number of benzene rings is 1. The summed E-state index contributed by atoms with van der Waals surface area (Å²) in [6.45, 7) is 2.24. The summed E-state index contributed by atoms with van der Waals surface area (Å²) in [5, 5.41) is 21.9. The highest BCUT2D eigenvalue weighted by Crippen LogP contribution is 2.48. The predicted octanol–water partition coefficient (Wildman–Crippen LogP) is 1.68. The van der Waals surface area contributed by atoms with Crippen molar-refractivity contribution in [2.75, 3.05) is 24.5 Å². The third-order valence-corrected chi connectivity index (χ3v) is 7.15. The van der Waals surface area contributed by atoms with Crippen LogP contribution in [0.3, 0.4) is 0 Å². The second kappa shape index (κ2) is 7.76. The van der Waals surface area contributed by atoms with Gasteiger partial charge in [-0.2, -0.15) is 0 Å². The van der Waals surface area contributed by atoms with E-state index in [1.807, 2.05) is 36.4 Å². The summed E-state index contributed by atoms with van der Waals surface area (Å²) in [6.07, 6.45) is 7.67. The molecule has 4 fully saturated rings. The Morgan fingerprint density at radius 1 is 1.10 bits per heavy atom. The molecule has 31 heavy (non-hydrogen) atoms. The normalized spacial score (nSPS) is 32.3. The molecule has 6 nitrogen and oxygen atoms in total. The molecule has 4 aliphatic rings. The van der Waals surface area contributed by atoms with Crippen LogP contribution in [-0.4, -0.2) is 57.8 Å². The molecule has 2 N–H and O–H groups in total. The number of fused-ring (bicyclic) bond motifs is 3. The molecule has 160 valence electrons. The van der Waals surface area contributed by atoms with Crippen molar-refractivity contribution < 1.29 is 15.0 Å². The number of anilines is 1. The summed E-state index contributed by atoms with van der Waals surface area (Å²) in [5.74, 6) is 3.12. The van der Waals surface area contributed by atoms with E-state index in [9.17, 15) is 15.0 Å². The zero-order valence-corrected chi connectivity index (χ0v) is 17.4. The van der Waals surface area contributed by atoms with Crippen LogP contribution in [-0.2, 0) is 16.8 Å². The maximum Gasteiger partial charge on any atom is 0.257 e. The highest BCUT2D eigenvalue weighted by Gasteiger charge is 2.54. The zero-order valence-electron chi connectivity index (χ0n) is 17.4. The second-order valence-corrected chi connectivity index (χ2v) is 8.83. The minimum absolute atomic E-state index is 0.0796. The number of hydrogen-bond donors (Lipinski definition) is 2. The Labute approximate surface area is 182 Å². The molecule has 4 aliphatic heterocycles. The predicted molar refractivity (Wildman–Crippen MR) is 117 cm³/mol. The Balaban J connectivity index is 1.61. The molecule has 0 aliphatic carbocycles. The minimum atomic E-state index is -1.17. The number of terminal acetylenes is 1. The van der Waals surface area contributed by atoms with Gasteiger partial charge in [0, 0.05) is 24.9 Å². The van der Waals surface area contributed by atoms with Crippen LogP contribution in [0.15, 0.2) is 42.5 Å². The van der Waals surface area contributed by atoms with Gasteiger partial charge in [0.15, 0.2) is 0 Å². The Kier molecular flexibility index (Phi) is 5.05. The standard InChI is InChI=1S/C25H27N3O3/c1-2-22-25(31,18-10-13-27(22)14-11-18)19-8-9-23(28-15-12-21(29)24(28)30)26-20(19)16-17-6-4-3-5-7-17/h1,3-9,18,21-22,29,31H,10-16H2/t21-,22?,25+/m0/s1. The molecule has 4 saturated heterocycles. The van der Waals surface area contributed by atoms with Crippen molar-refractivity contribution in [2.24, 2.45) is 5.92 Å². The number of carbonyl (C=O) groups excluding carboxylic acids is 1. The van der Waals surface area contributed by atoms with Gasteiger partial charge in [-0.1, -0.05) is 42.3 Å². The molecule has 1 unspecified atom stereocenters. The van der Waals surface area contributed by atoms with Crippen molar-refractivity contribution >= 4 is 11.7 Å². The number of carbonyl (C=O) groups is 1. The van der Waals surface area contributed by atoms with Crippen LogP contribution in [0.1, 0.15) is 36.1 Å². The van der Waals surface area contributed by atoms with Gasteiger partial charge < -0.3 is 10.2 Å². The van der Waals surface area contributed by atoms with Gasteiger partial charge in [-0.3, -0.25) is 14.6 Å². The second-order valence-electron chi connectivity index (χ2n) is 8.83. The molecular weight excluding hydrogens is 390 g/mol. The summed E-state index contributed by atoms with van der Waals surface area (Å²) in [7, 11) is 0. The van der Waals surface area contributed by atoms with Gasteiger partial charge in [-0.05, 0) is 43.5 Å². The molecule has 1 amide bonds. The molecule has 2 aromatic rings. The Morgan fingerprint density at radius 3 is 2.48 bits per heavy atom. The first kappa shape index (κ1) is 20.2. The maximum atomic E-state index is 12.4. The van der Waals surface area contributed by atoms with E-state index in [1.54, 1.807) is 6.07 Å². The summed E-state index contributed by atoms with van der Waals surface area (Å²) < 4.78 is 0. The van der Waals surface area contributed by atoms with Crippen molar-refractivity contribution in [2.45, 2.75) is 43.4 Å². The number of piperidine rings is 3. The summed E-state index contributed by atoms with van der Waals surface area (Å²) in [6, 6.07) is 13.3. The monoisotopic (exact) mass is 417 g/mol. The van der Waals surface area contributed by atoms with Crippen LogP contribution >= 0.6 is 0 Å². The first-order valence-corrected chi connectivity index (χ1v) is 11.0. The summed E-state index contributed by atoms with van der Waals surface area (Å²) in [4.78, 5) is 21.0. The van der Waals surface area contributed by atoms with Crippen LogP contribution in [0.5, 0.6) is 0 Å². The number of aliphatic hydroxyl groups excluding tert-OH is 1. The van der Waals surface area contributed by atoms with Gasteiger partial charge in [-0.25, -0.2) is 4.98 Å². The molecule has 0 spiro atoms. The minimum Gasteiger partial charge on any atom is -0.383 e. The SMILES string of the molecule is C#CC1N2CCC(CC2)[C@@]1(O)c1ccc(N2CC[C@H](O)C2=O)nc1Cc1ccccc1. The lowest BCUT2D eigenvalue weighted by Gasteiger charge is -2.54. The molecule has 5 heterocycles. The number of rotatable bonds is 4. The van der Waals surface area contributed by atoms with Crippen molar-refractivity contribution in [3.05, 3.63) is 59.3 Å². The van der Waals surface area contributed by atoms with Gasteiger partial charge in [-0.15, -0.1) is 6.42 Å². The number of aliphatic hydroxyl groups is 2. The maximum absolute atomic E-state index is 12.4. The fourth-order valence-electron chi connectivity index (χ4n) is 5.52.